The number of carbonyl (C=O) groups is 4. The van der Waals surface area contributed by atoms with Gasteiger partial charge < -0.3 is 25.2 Å². The number of thiophene rings is 1. The number of carbonyl (C=O) groups excluding carboxylic acids is 4. The van der Waals surface area contributed by atoms with E-state index in [4.69, 9.17) is 4.74 Å². The van der Waals surface area contributed by atoms with Gasteiger partial charge in [0.1, 0.15) is 5.00 Å². The highest BCUT2D eigenvalue weighted by Crippen LogP contribution is 2.37. The maximum Gasteiger partial charge on any atom is 0.305 e. The number of esters is 1. The lowest BCUT2D eigenvalue weighted by Crippen LogP contribution is -2.36. The number of rotatable bonds is 34. The largest absolute Gasteiger partial charge is 0.466 e. The van der Waals surface area contributed by atoms with Crippen molar-refractivity contribution >= 4 is 40.0 Å². The number of anilines is 1. The molecule has 0 saturated carbocycles. The summed E-state index contributed by atoms with van der Waals surface area (Å²) in [7, 11) is 3.92. The van der Waals surface area contributed by atoms with Crippen LogP contribution in [-0.4, -0.2) is 73.8 Å². The van der Waals surface area contributed by atoms with Crippen molar-refractivity contribution in [3.63, 3.8) is 0 Å². The van der Waals surface area contributed by atoms with Gasteiger partial charge >= 0.3 is 5.97 Å². The smallest absolute Gasteiger partial charge is 0.305 e. The fraction of sp³-hybridized carbons (Fsp3) is 0.745. The Kier molecular flexibility index (Phi) is 29.0. The van der Waals surface area contributed by atoms with Gasteiger partial charge in [-0.2, -0.15) is 0 Å². The minimum atomic E-state index is -0.202. The van der Waals surface area contributed by atoms with Gasteiger partial charge in [0.15, 0.2) is 0 Å². The number of fused-ring (bicyclic) bond motifs is 1. The highest BCUT2D eigenvalue weighted by atomic mass is 32.1. The maximum absolute atomic E-state index is 13.5. The summed E-state index contributed by atoms with van der Waals surface area (Å²) in [5, 5.41) is 6.60. The molecule has 57 heavy (non-hydrogen) atoms. The molecule has 0 unspecified atom stereocenters. The summed E-state index contributed by atoms with van der Waals surface area (Å²) in [6.45, 7) is 7.19. The van der Waals surface area contributed by atoms with Gasteiger partial charge in [-0.05, 0) is 83.9 Å². The zero-order valence-corrected chi connectivity index (χ0v) is 37.4. The fourth-order valence-electron chi connectivity index (χ4n) is 7.09. The van der Waals surface area contributed by atoms with Crippen molar-refractivity contribution in [1.29, 1.82) is 0 Å². The molecule has 0 saturated heterocycles. The van der Waals surface area contributed by atoms with E-state index in [1.165, 1.54) is 94.8 Å². The SMILES string of the molecule is CCCCC/C=C\C/C=C\CCCCCCCC(=O)N1CCc2c(sc(NC(=O)CCCCC(=O)OCCCCCCCCCCC)c2C(=O)NCCN(C)C)C1. The van der Waals surface area contributed by atoms with Gasteiger partial charge in [0.05, 0.1) is 18.7 Å². The third kappa shape index (κ3) is 23.9. The molecular weight excluding hydrogens is 733 g/mol. The molecule has 2 rings (SSSR count). The molecule has 0 bridgehead atoms. The molecule has 1 aromatic heterocycles. The Morgan fingerprint density at radius 1 is 0.719 bits per heavy atom. The monoisotopic (exact) mass is 813 g/mol. The van der Waals surface area contributed by atoms with Crippen LogP contribution in [0.2, 0.25) is 0 Å². The number of amides is 3. The lowest BCUT2D eigenvalue weighted by atomic mass is 10.0. The van der Waals surface area contributed by atoms with Crippen molar-refractivity contribution in [3.05, 3.63) is 40.3 Å². The summed E-state index contributed by atoms with van der Waals surface area (Å²) in [6, 6.07) is 0. The summed E-state index contributed by atoms with van der Waals surface area (Å²) in [4.78, 5) is 56.9. The molecule has 1 aliphatic heterocycles. The standard InChI is InChI=1S/C47H80N4O5S/c1-5-7-9-11-13-15-16-17-18-19-20-21-23-25-27-32-43(53)51-36-34-40-41(39-51)57-47(45(40)46(55)48-35-37-50(3)4)49-42(52)31-28-29-33-44(54)56-38-30-26-24-22-14-12-10-8-6-2/h13,15,17-18H,5-12,14,16,19-39H2,1-4H3,(H,48,55)(H,49,52)/b15-13-,18-17-. The zero-order chi connectivity index (χ0) is 41.4. The molecular formula is C47H80N4O5S. The quantitative estimate of drug-likeness (QED) is 0.0408. The van der Waals surface area contributed by atoms with E-state index < -0.39 is 0 Å². The van der Waals surface area contributed by atoms with Crippen molar-refractivity contribution in [2.45, 2.75) is 187 Å². The molecule has 1 aromatic rings. The van der Waals surface area contributed by atoms with E-state index in [9.17, 15) is 19.2 Å². The first kappa shape index (κ1) is 50.2. The minimum Gasteiger partial charge on any atom is -0.466 e. The van der Waals surface area contributed by atoms with Crippen LogP contribution in [0.25, 0.3) is 0 Å². The van der Waals surface area contributed by atoms with E-state index in [1.54, 1.807) is 0 Å². The van der Waals surface area contributed by atoms with Crippen LogP contribution >= 0.6 is 11.3 Å². The van der Waals surface area contributed by atoms with Crippen LogP contribution in [0.1, 0.15) is 195 Å². The summed E-state index contributed by atoms with van der Waals surface area (Å²) in [6.07, 6.45) is 35.7. The Morgan fingerprint density at radius 2 is 1.30 bits per heavy atom. The van der Waals surface area contributed by atoms with E-state index in [-0.39, 0.29) is 30.1 Å². The number of nitrogens with zero attached hydrogens (tertiary/aromatic N) is 2. The average molecular weight is 813 g/mol. The van der Waals surface area contributed by atoms with E-state index in [0.29, 0.717) is 75.5 Å². The lowest BCUT2D eigenvalue weighted by molar-refractivity contribution is -0.144. The van der Waals surface area contributed by atoms with Gasteiger partial charge in [-0.25, -0.2) is 0 Å². The number of hydrogen-bond donors (Lipinski definition) is 2. The predicted octanol–water partition coefficient (Wildman–Crippen LogP) is 11.3. The highest BCUT2D eigenvalue weighted by molar-refractivity contribution is 7.17. The van der Waals surface area contributed by atoms with Gasteiger partial charge in [-0.1, -0.05) is 122 Å². The molecule has 9 nitrogen and oxygen atoms in total. The van der Waals surface area contributed by atoms with Gasteiger partial charge in [-0.3, -0.25) is 19.2 Å². The topological polar surface area (TPSA) is 108 Å². The number of unbranched alkanes of at least 4 members (excludes halogenated alkanes) is 17. The Balaban J connectivity index is 1.74. The molecule has 324 valence electrons. The lowest BCUT2D eigenvalue weighted by Gasteiger charge is -2.27. The van der Waals surface area contributed by atoms with Crippen LogP contribution in [0.3, 0.4) is 0 Å². The van der Waals surface area contributed by atoms with Crippen LogP contribution in [-0.2, 0) is 32.1 Å². The Hall–Kier alpha value is -2.98. The molecule has 0 aromatic carbocycles. The number of nitrogens with one attached hydrogen (secondary N) is 2. The Bertz CT molecular complexity index is 1320. The van der Waals surface area contributed by atoms with Gasteiger partial charge in [0.2, 0.25) is 11.8 Å². The van der Waals surface area contributed by atoms with E-state index >= 15 is 0 Å². The van der Waals surface area contributed by atoms with Gasteiger partial charge in [0.25, 0.3) is 5.91 Å². The molecule has 0 radical (unpaired) electrons. The molecule has 3 amide bonds. The highest BCUT2D eigenvalue weighted by Gasteiger charge is 2.30. The Morgan fingerprint density at radius 3 is 1.98 bits per heavy atom. The first-order chi connectivity index (χ1) is 27.8. The normalized spacial score (nSPS) is 12.8. The molecule has 10 heteroatoms. The zero-order valence-electron chi connectivity index (χ0n) is 36.6. The van der Waals surface area contributed by atoms with Crippen molar-refractivity contribution in [1.82, 2.24) is 15.1 Å². The van der Waals surface area contributed by atoms with Crippen molar-refractivity contribution in [3.8, 4) is 0 Å². The van der Waals surface area contributed by atoms with Crippen LogP contribution in [0.5, 0.6) is 0 Å². The number of hydrogen-bond acceptors (Lipinski definition) is 7. The second-order valence-corrected chi connectivity index (χ2v) is 17.2. The molecule has 2 heterocycles. The molecule has 0 fully saturated rings. The molecule has 0 aliphatic carbocycles. The number of allylic oxidation sites excluding steroid dienone is 4. The van der Waals surface area contributed by atoms with Crippen molar-refractivity contribution in [2.75, 3.05) is 45.7 Å². The molecule has 2 N–H and O–H groups in total. The number of ether oxygens (including phenoxy) is 1. The first-order valence-corrected chi connectivity index (χ1v) is 23.7. The minimum absolute atomic E-state index is 0.161. The first-order valence-electron chi connectivity index (χ1n) is 22.9. The number of likely N-dealkylation sites (N-methyl/N-ethyl adjacent to an activating group) is 1. The molecule has 0 spiro atoms. The third-order valence-corrected chi connectivity index (χ3v) is 11.8. The van der Waals surface area contributed by atoms with Crippen molar-refractivity contribution < 1.29 is 23.9 Å². The fourth-order valence-corrected chi connectivity index (χ4v) is 8.36. The van der Waals surface area contributed by atoms with Crippen LogP contribution in [0.4, 0.5) is 5.00 Å². The Labute approximate surface area is 351 Å². The van der Waals surface area contributed by atoms with E-state index in [0.717, 1.165) is 55.4 Å². The summed E-state index contributed by atoms with van der Waals surface area (Å²) in [5.74, 6) is -0.404. The predicted molar refractivity (Wildman–Crippen MR) is 239 cm³/mol. The third-order valence-electron chi connectivity index (χ3n) is 10.6. The van der Waals surface area contributed by atoms with Crippen LogP contribution in [0, 0.1) is 0 Å². The van der Waals surface area contributed by atoms with Gasteiger partial charge in [-0.15, -0.1) is 11.3 Å². The average Bonchev–Trinajstić information content (AvgIpc) is 3.55. The maximum atomic E-state index is 13.5. The molecule has 0 atom stereocenters. The van der Waals surface area contributed by atoms with Gasteiger partial charge in [0, 0.05) is 43.8 Å². The van der Waals surface area contributed by atoms with E-state index in [1.807, 2.05) is 23.9 Å². The second-order valence-electron chi connectivity index (χ2n) is 16.1. The van der Waals surface area contributed by atoms with E-state index in [2.05, 4.69) is 48.8 Å². The summed E-state index contributed by atoms with van der Waals surface area (Å²) < 4.78 is 5.42. The summed E-state index contributed by atoms with van der Waals surface area (Å²) in [5.41, 5.74) is 1.47. The van der Waals surface area contributed by atoms with Crippen LogP contribution in [0.15, 0.2) is 24.3 Å². The van der Waals surface area contributed by atoms with Crippen molar-refractivity contribution in [2.24, 2.45) is 0 Å². The second kappa shape index (κ2) is 32.9. The summed E-state index contributed by atoms with van der Waals surface area (Å²) >= 11 is 1.41. The van der Waals surface area contributed by atoms with Crippen LogP contribution < -0.4 is 10.6 Å². The molecule has 1 aliphatic rings.